The number of Topliss-reactive ketones (excluding diaryl/α,β-unsaturated/α-hetero) is 2. The molecule has 0 aromatic heterocycles. The van der Waals surface area contributed by atoms with Gasteiger partial charge in [-0.05, 0) is 30.7 Å². The van der Waals surface area contributed by atoms with Crippen LogP contribution in [-0.4, -0.2) is 48.5 Å². The number of fused-ring (bicyclic) bond motifs is 1. The lowest BCUT2D eigenvalue weighted by molar-refractivity contribution is -0.132. The number of hydrogen-bond donors (Lipinski definition) is 1. The van der Waals surface area contributed by atoms with Crippen molar-refractivity contribution < 1.29 is 28.7 Å². The molecule has 1 N–H and O–H groups in total. The van der Waals surface area contributed by atoms with Gasteiger partial charge in [0.25, 0.3) is 11.8 Å². The monoisotopic (exact) mass is 408 g/mol. The molecule has 0 saturated heterocycles. The molecule has 1 aliphatic heterocycles. The number of amides is 2. The predicted molar refractivity (Wildman–Crippen MR) is 107 cm³/mol. The normalized spacial score (nSPS) is 18.5. The van der Waals surface area contributed by atoms with E-state index >= 15 is 0 Å². The molecule has 154 valence electrons. The van der Waals surface area contributed by atoms with E-state index in [1.807, 2.05) is 0 Å². The average Bonchev–Trinajstić information content (AvgIpc) is 2.99. The van der Waals surface area contributed by atoms with E-state index in [0.29, 0.717) is 22.9 Å². The Hall–Kier alpha value is -3.68. The van der Waals surface area contributed by atoms with Gasteiger partial charge in [-0.15, -0.1) is 0 Å². The van der Waals surface area contributed by atoms with Crippen molar-refractivity contribution in [2.45, 2.75) is 25.3 Å². The van der Waals surface area contributed by atoms with Gasteiger partial charge in [0, 0.05) is 18.2 Å². The van der Waals surface area contributed by atoms with E-state index in [-0.39, 0.29) is 36.2 Å². The molecule has 1 saturated carbocycles. The quantitative estimate of drug-likeness (QED) is 0.599. The maximum atomic E-state index is 13.2. The summed E-state index contributed by atoms with van der Waals surface area (Å²) < 4.78 is 10.5. The fraction of sp³-hybridized carbons (Fsp3) is 0.273. The summed E-state index contributed by atoms with van der Waals surface area (Å²) in [6.07, 6.45) is 0.108. The third-order valence-corrected chi connectivity index (χ3v) is 5.36. The average molecular weight is 408 g/mol. The lowest BCUT2D eigenvalue weighted by atomic mass is 9.92. The molecule has 0 bridgehead atoms. The predicted octanol–water partition coefficient (Wildman–Crippen LogP) is 2.73. The molecule has 8 nitrogen and oxygen atoms in total. The summed E-state index contributed by atoms with van der Waals surface area (Å²) in [6, 6.07) is 9.22. The van der Waals surface area contributed by atoms with Crippen LogP contribution in [0.4, 0.5) is 11.4 Å². The van der Waals surface area contributed by atoms with Crippen molar-refractivity contribution in [1.82, 2.24) is 4.90 Å². The second-order valence-corrected chi connectivity index (χ2v) is 7.14. The molecule has 8 heteroatoms. The molecule has 2 aromatic carbocycles. The molecular weight excluding hydrogens is 388 g/mol. The maximum absolute atomic E-state index is 13.2. The molecule has 0 spiro atoms. The van der Waals surface area contributed by atoms with Crippen LogP contribution in [0.1, 0.15) is 40.0 Å². The Bertz CT molecular complexity index is 1080. The molecule has 1 heterocycles. The van der Waals surface area contributed by atoms with Gasteiger partial charge < -0.3 is 14.8 Å². The van der Waals surface area contributed by atoms with Gasteiger partial charge >= 0.3 is 0 Å². The molecule has 1 unspecified atom stereocenters. The zero-order valence-electron chi connectivity index (χ0n) is 16.6. The van der Waals surface area contributed by atoms with Gasteiger partial charge in [-0.3, -0.25) is 24.1 Å². The summed E-state index contributed by atoms with van der Waals surface area (Å²) in [5, 5.41) is 3.15. The van der Waals surface area contributed by atoms with E-state index in [1.54, 1.807) is 36.4 Å². The van der Waals surface area contributed by atoms with Gasteiger partial charge in [0.2, 0.25) is 0 Å². The first-order chi connectivity index (χ1) is 14.4. The number of rotatable bonds is 5. The highest BCUT2D eigenvalue weighted by Gasteiger charge is 2.45. The molecule has 30 heavy (non-hydrogen) atoms. The van der Waals surface area contributed by atoms with Crippen molar-refractivity contribution in [3.63, 3.8) is 0 Å². The van der Waals surface area contributed by atoms with Crippen molar-refractivity contribution in [2.75, 3.05) is 19.5 Å². The first-order valence-electron chi connectivity index (χ1n) is 9.49. The van der Waals surface area contributed by atoms with Crippen LogP contribution < -0.4 is 14.8 Å². The van der Waals surface area contributed by atoms with Crippen LogP contribution in [-0.2, 0) is 9.59 Å². The summed E-state index contributed by atoms with van der Waals surface area (Å²) >= 11 is 0. The fourth-order valence-electron chi connectivity index (χ4n) is 3.89. The van der Waals surface area contributed by atoms with E-state index in [0.717, 1.165) is 4.90 Å². The second-order valence-electron chi connectivity index (χ2n) is 7.14. The maximum Gasteiger partial charge on any atom is 0.264 e. The molecule has 2 amide bonds. The van der Waals surface area contributed by atoms with Crippen molar-refractivity contribution in [2.24, 2.45) is 0 Å². The van der Waals surface area contributed by atoms with E-state index in [9.17, 15) is 19.2 Å². The lowest BCUT2D eigenvalue weighted by Gasteiger charge is -2.27. The highest BCUT2D eigenvalue weighted by molar-refractivity contribution is 6.25. The van der Waals surface area contributed by atoms with Crippen molar-refractivity contribution in [1.29, 1.82) is 0 Å². The van der Waals surface area contributed by atoms with E-state index < -0.39 is 23.6 Å². The number of ether oxygens (including phenoxy) is 2. The third-order valence-electron chi connectivity index (χ3n) is 5.36. The van der Waals surface area contributed by atoms with E-state index in [4.69, 9.17) is 9.47 Å². The van der Waals surface area contributed by atoms with Crippen molar-refractivity contribution in [3.05, 3.63) is 47.5 Å². The standard InChI is InChI=1S/C22H20N2O6/c1-29-18-9-6-12(10-19(18)30-2)23-15-5-3-4-14-20(15)22(28)24(21(14)27)16-8-7-13(25)11-17(16)26/h3-6,9-10,16,23H,7-8,11H2,1-2H3. The van der Waals surface area contributed by atoms with Crippen LogP contribution in [0.25, 0.3) is 0 Å². The molecule has 4 rings (SSSR count). The Morgan fingerprint density at radius 2 is 1.73 bits per heavy atom. The molecule has 1 fully saturated rings. The minimum absolute atomic E-state index is 0.163. The lowest BCUT2D eigenvalue weighted by Crippen LogP contribution is -2.47. The van der Waals surface area contributed by atoms with Crippen LogP contribution in [0, 0.1) is 0 Å². The zero-order valence-corrected chi connectivity index (χ0v) is 16.6. The number of hydrogen-bond acceptors (Lipinski definition) is 7. The number of carbonyl (C=O) groups is 4. The Kier molecular flexibility index (Phi) is 4.99. The van der Waals surface area contributed by atoms with E-state index in [1.165, 1.54) is 14.2 Å². The van der Waals surface area contributed by atoms with Gasteiger partial charge in [-0.25, -0.2) is 0 Å². The summed E-state index contributed by atoms with van der Waals surface area (Å²) in [5.74, 6) is -0.538. The SMILES string of the molecule is COc1ccc(Nc2cccc3c2C(=O)N(C2CCC(=O)CC2=O)C3=O)cc1OC. The highest BCUT2D eigenvalue weighted by Crippen LogP contribution is 2.36. The first-order valence-corrected chi connectivity index (χ1v) is 9.49. The number of anilines is 2. The number of imide groups is 1. The van der Waals surface area contributed by atoms with Crippen LogP contribution in [0.15, 0.2) is 36.4 Å². The number of carbonyl (C=O) groups excluding carboxylic acids is 4. The largest absolute Gasteiger partial charge is 0.493 e. The number of nitrogens with one attached hydrogen (secondary N) is 1. The molecule has 1 aliphatic carbocycles. The number of methoxy groups -OCH3 is 2. The summed E-state index contributed by atoms with van der Waals surface area (Å²) in [5.41, 5.74) is 1.52. The summed E-state index contributed by atoms with van der Waals surface area (Å²) in [7, 11) is 3.06. The van der Waals surface area contributed by atoms with Gasteiger partial charge in [-0.2, -0.15) is 0 Å². The zero-order chi connectivity index (χ0) is 21.4. The van der Waals surface area contributed by atoms with Crippen molar-refractivity contribution >= 4 is 34.8 Å². The fourth-order valence-corrected chi connectivity index (χ4v) is 3.89. The first kappa shape index (κ1) is 19.6. The molecule has 1 atom stereocenters. The number of ketones is 2. The van der Waals surface area contributed by atoms with Gasteiger partial charge in [0.05, 0.1) is 43.5 Å². The summed E-state index contributed by atoms with van der Waals surface area (Å²) in [6.45, 7) is 0. The smallest absolute Gasteiger partial charge is 0.264 e. The minimum atomic E-state index is -0.899. The topological polar surface area (TPSA) is 102 Å². The third kappa shape index (κ3) is 3.20. The molecule has 2 aromatic rings. The van der Waals surface area contributed by atoms with Crippen LogP contribution in [0.3, 0.4) is 0 Å². The molecule has 0 radical (unpaired) electrons. The Morgan fingerprint density at radius 3 is 2.43 bits per heavy atom. The van der Waals surface area contributed by atoms with Gasteiger partial charge in [0.15, 0.2) is 17.3 Å². The number of benzene rings is 2. The number of nitrogens with zero attached hydrogens (tertiary/aromatic N) is 1. The van der Waals surface area contributed by atoms with Crippen LogP contribution >= 0.6 is 0 Å². The summed E-state index contributed by atoms with van der Waals surface area (Å²) in [4.78, 5) is 50.9. The van der Waals surface area contributed by atoms with Gasteiger partial charge in [0.1, 0.15) is 5.78 Å². The van der Waals surface area contributed by atoms with Crippen molar-refractivity contribution in [3.8, 4) is 11.5 Å². The van der Waals surface area contributed by atoms with E-state index in [2.05, 4.69) is 5.32 Å². The Balaban J connectivity index is 1.67. The molecule has 2 aliphatic rings. The molecular formula is C22H20N2O6. The highest BCUT2D eigenvalue weighted by atomic mass is 16.5. The van der Waals surface area contributed by atoms with Crippen LogP contribution in [0.2, 0.25) is 0 Å². The Morgan fingerprint density at radius 1 is 0.967 bits per heavy atom. The second kappa shape index (κ2) is 7.62. The Labute approximate surface area is 172 Å². The van der Waals surface area contributed by atoms with Gasteiger partial charge in [-0.1, -0.05) is 6.07 Å². The minimum Gasteiger partial charge on any atom is -0.493 e. The van der Waals surface area contributed by atoms with Crippen LogP contribution in [0.5, 0.6) is 11.5 Å².